The molecule has 0 fully saturated rings. The van der Waals surface area contributed by atoms with Crippen LogP contribution >= 0.6 is 0 Å². The van der Waals surface area contributed by atoms with E-state index in [1.165, 1.54) is 7.11 Å². The van der Waals surface area contributed by atoms with Crippen LogP contribution in [0.5, 0.6) is 0 Å². The van der Waals surface area contributed by atoms with Crippen LogP contribution in [-0.4, -0.2) is 31.6 Å². The lowest BCUT2D eigenvalue weighted by atomic mass is 10.2. The van der Waals surface area contributed by atoms with Gasteiger partial charge in [0.15, 0.2) is 5.88 Å². The first kappa shape index (κ1) is 9.97. The predicted molar refractivity (Wildman–Crippen MR) is 44.3 cm³/mol. The van der Waals surface area contributed by atoms with E-state index in [0.717, 1.165) is 0 Å². The summed E-state index contributed by atoms with van der Waals surface area (Å²) in [4.78, 5) is 3.82. The molecule has 0 aliphatic heterocycles. The highest BCUT2D eigenvalue weighted by molar-refractivity contribution is 6.00. The summed E-state index contributed by atoms with van der Waals surface area (Å²) < 4.78 is 4.76. The van der Waals surface area contributed by atoms with Crippen LogP contribution in [0.1, 0.15) is 6.92 Å². The van der Waals surface area contributed by atoms with Gasteiger partial charge in [0.2, 0.25) is 0 Å². The summed E-state index contributed by atoms with van der Waals surface area (Å²) in [6, 6.07) is 0. The van der Waals surface area contributed by atoms with Crippen molar-refractivity contribution in [1.82, 2.24) is 0 Å². The number of nitrogens with zero attached hydrogens (tertiary/aromatic N) is 1. The molecule has 0 spiro atoms. The number of methoxy groups -OCH3 is 1. The molecular formula is C7H14N2O2. The highest BCUT2D eigenvalue weighted by Crippen LogP contribution is 2.00. The van der Waals surface area contributed by atoms with Gasteiger partial charge in [0, 0.05) is 12.6 Å². The minimum absolute atomic E-state index is 0.119. The zero-order chi connectivity index (χ0) is 8.85. The zero-order valence-corrected chi connectivity index (χ0v) is 7.09. The van der Waals surface area contributed by atoms with Gasteiger partial charge in [0.1, 0.15) is 0 Å². The molecule has 0 rings (SSSR count). The first-order chi connectivity index (χ1) is 5.17. The summed E-state index contributed by atoms with van der Waals surface area (Å²) in [7, 11) is 3.07. The third-order valence-electron chi connectivity index (χ3n) is 1.44. The van der Waals surface area contributed by atoms with E-state index in [1.54, 1.807) is 14.0 Å². The van der Waals surface area contributed by atoms with Crippen LogP contribution in [-0.2, 0) is 4.74 Å². The fourth-order valence-electron chi connectivity index (χ4n) is 0.652. The van der Waals surface area contributed by atoms with Gasteiger partial charge >= 0.3 is 0 Å². The maximum atomic E-state index is 8.76. The predicted octanol–water partition coefficient (Wildman–Crippen LogP) is -0.114. The average molecular weight is 158 g/mol. The Balaban J connectivity index is 4.57. The molecule has 64 valence electrons. The van der Waals surface area contributed by atoms with E-state index in [2.05, 4.69) is 4.99 Å². The topological polar surface area (TPSA) is 67.8 Å². The second-order valence-electron chi connectivity index (χ2n) is 2.02. The Labute approximate surface area is 66.4 Å². The van der Waals surface area contributed by atoms with Crippen molar-refractivity contribution in [2.75, 3.05) is 20.8 Å². The van der Waals surface area contributed by atoms with Crippen molar-refractivity contribution < 1.29 is 9.84 Å². The van der Waals surface area contributed by atoms with Crippen molar-refractivity contribution in [3.63, 3.8) is 0 Å². The molecule has 0 aromatic rings. The lowest BCUT2D eigenvalue weighted by Gasteiger charge is -2.05. The molecular weight excluding hydrogens is 144 g/mol. The second-order valence-corrected chi connectivity index (χ2v) is 2.02. The second kappa shape index (κ2) is 4.73. The Morgan fingerprint density at radius 1 is 1.64 bits per heavy atom. The third-order valence-corrected chi connectivity index (χ3v) is 1.44. The van der Waals surface area contributed by atoms with Crippen molar-refractivity contribution in [2.45, 2.75) is 6.92 Å². The van der Waals surface area contributed by atoms with Crippen LogP contribution in [0.2, 0.25) is 0 Å². The van der Waals surface area contributed by atoms with Gasteiger partial charge in [-0.25, -0.2) is 0 Å². The van der Waals surface area contributed by atoms with E-state index in [4.69, 9.17) is 15.6 Å². The van der Waals surface area contributed by atoms with Crippen molar-refractivity contribution in [2.24, 2.45) is 10.7 Å². The largest absolute Gasteiger partial charge is 0.482 e. The van der Waals surface area contributed by atoms with E-state index < -0.39 is 0 Å². The molecule has 0 amide bonds. The quantitative estimate of drug-likeness (QED) is 0.444. The first-order valence-corrected chi connectivity index (χ1v) is 3.24. The highest BCUT2D eigenvalue weighted by atomic mass is 16.5. The molecule has 0 atom stereocenters. The number of hydrogen-bond donors (Lipinski definition) is 2. The van der Waals surface area contributed by atoms with Crippen molar-refractivity contribution >= 4 is 5.71 Å². The molecule has 3 N–H and O–H groups in total. The Hall–Kier alpha value is -1.03. The summed E-state index contributed by atoms with van der Waals surface area (Å²) in [5.74, 6) is 0.291. The van der Waals surface area contributed by atoms with E-state index in [-0.39, 0.29) is 6.61 Å². The molecule has 0 aromatic heterocycles. The molecule has 0 saturated carbocycles. The average Bonchev–Trinajstić information content (AvgIpc) is 2.05. The highest BCUT2D eigenvalue weighted by Gasteiger charge is 2.03. The van der Waals surface area contributed by atoms with Crippen LogP contribution in [0.15, 0.2) is 16.4 Å². The fraction of sp³-hybridized carbons (Fsp3) is 0.571. The van der Waals surface area contributed by atoms with Crippen molar-refractivity contribution in [1.29, 1.82) is 0 Å². The first-order valence-electron chi connectivity index (χ1n) is 3.24. The summed E-state index contributed by atoms with van der Waals surface area (Å²) in [5.41, 5.74) is 6.66. The minimum Gasteiger partial charge on any atom is -0.482 e. The van der Waals surface area contributed by atoms with E-state index in [0.29, 0.717) is 17.2 Å². The molecule has 0 heterocycles. The van der Waals surface area contributed by atoms with Crippen LogP contribution in [0.4, 0.5) is 0 Å². The normalized spacial score (nSPS) is 14.4. The summed E-state index contributed by atoms with van der Waals surface area (Å²) in [6.45, 7) is 1.63. The van der Waals surface area contributed by atoms with Gasteiger partial charge in [-0.3, -0.25) is 4.99 Å². The molecule has 4 nitrogen and oxygen atoms in total. The number of aliphatic hydroxyl groups is 1. The lowest BCUT2D eigenvalue weighted by molar-refractivity contribution is 0.284. The Bertz CT molecular complexity index is 185. The number of rotatable bonds is 3. The number of nitrogens with two attached hydrogens (primary N) is 1. The number of hydrogen-bond acceptors (Lipinski definition) is 4. The standard InChI is InChI=1S/C7H14N2O2/c1-5(7(8)11-3)6(4-10)9-2/h10H,4,8H2,1-3H3/b7-5+,9-6?. The molecule has 0 unspecified atom stereocenters. The molecule has 0 radical (unpaired) electrons. The van der Waals surface area contributed by atoms with Gasteiger partial charge in [0.05, 0.1) is 19.4 Å². The van der Waals surface area contributed by atoms with Crippen molar-refractivity contribution in [3.05, 3.63) is 11.5 Å². The Morgan fingerprint density at radius 3 is 2.45 bits per heavy atom. The van der Waals surface area contributed by atoms with Gasteiger partial charge in [-0.2, -0.15) is 0 Å². The third kappa shape index (κ3) is 2.59. The molecule has 4 heteroatoms. The molecule has 0 bridgehead atoms. The Morgan fingerprint density at radius 2 is 2.18 bits per heavy atom. The molecule has 11 heavy (non-hydrogen) atoms. The summed E-state index contributed by atoms with van der Waals surface area (Å²) >= 11 is 0. The van der Waals surface area contributed by atoms with Crippen LogP contribution < -0.4 is 5.73 Å². The van der Waals surface area contributed by atoms with Gasteiger partial charge in [-0.05, 0) is 6.92 Å². The van der Waals surface area contributed by atoms with Crippen LogP contribution in [0.25, 0.3) is 0 Å². The molecule has 0 aliphatic carbocycles. The summed E-state index contributed by atoms with van der Waals surface area (Å²) in [6.07, 6.45) is 0. The SMILES string of the molecule is CN=C(CO)/C(C)=C(\N)OC. The van der Waals surface area contributed by atoms with Crippen molar-refractivity contribution in [3.8, 4) is 0 Å². The Kier molecular flexibility index (Phi) is 4.29. The molecule has 0 aliphatic rings. The van der Waals surface area contributed by atoms with Crippen LogP contribution in [0, 0.1) is 0 Å². The van der Waals surface area contributed by atoms with E-state index in [9.17, 15) is 0 Å². The molecule has 0 saturated heterocycles. The van der Waals surface area contributed by atoms with E-state index in [1.807, 2.05) is 0 Å². The smallest absolute Gasteiger partial charge is 0.188 e. The number of ether oxygens (including phenoxy) is 1. The minimum atomic E-state index is -0.119. The van der Waals surface area contributed by atoms with Gasteiger partial charge < -0.3 is 15.6 Å². The molecule has 0 aromatic carbocycles. The number of aliphatic imine (C=N–C) groups is 1. The zero-order valence-electron chi connectivity index (χ0n) is 7.09. The van der Waals surface area contributed by atoms with E-state index >= 15 is 0 Å². The fourth-order valence-corrected chi connectivity index (χ4v) is 0.652. The maximum absolute atomic E-state index is 8.76. The van der Waals surface area contributed by atoms with Gasteiger partial charge in [-0.1, -0.05) is 0 Å². The summed E-state index contributed by atoms with van der Waals surface area (Å²) in [5, 5.41) is 8.76. The maximum Gasteiger partial charge on any atom is 0.188 e. The van der Waals surface area contributed by atoms with Gasteiger partial charge in [0.25, 0.3) is 0 Å². The lowest BCUT2D eigenvalue weighted by Crippen LogP contribution is -2.13. The number of aliphatic hydroxyl groups excluding tert-OH is 1. The van der Waals surface area contributed by atoms with Gasteiger partial charge in [-0.15, -0.1) is 0 Å². The van der Waals surface area contributed by atoms with Crippen LogP contribution in [0.3, 0.4) is 0 Å². The monoisotopic (exact) mass is 158 g/mol.